The maximum Gasteiger partial charge on any atom is 0.277 e. The highest BCUT2D eigenvalue weighted by Crippen LogP contribution is 2.27. The minimum atomic E-state index is -0.334. The Kier molecular flexibility index (Phi) is 7.15. The summed E-state index contributed by atoms with van der Waals surface area (Å²) in [5.41, 5.74) is 4.40. The smallest absolute Gasteiger partial charge is 0.277 e. The van der Waals surface area contributed by atoms with Crippen molar-refractivity contribution in [3.05, 3.63) is 107 Å². The molecule has 0 heterocycles. The van der Waals surface area contributed by atoms with Crippen LogP contribution in [-0.2, 0) is 11.4 Å². The van der Waals surface area contributed by atoms with Crippen molar-refractivity contribution in [3.63, 3.8) is 0 Å². The van der Waals surface area contributed by atoms with E-state index in [1.807, 2.05) is 54.6 Å². The molecule has 0 saturated carbocycles. The van der Waals surface area contributed by atoms with Crippen LogP contribution in [0.25, 0.3) is 10.8 Å². The predicted molar refractivity (Wildman–Crippen MR) is 130 cm³/mol. The van der Waals surface area contributed by atoms with Crippen molar-refractivity contribution in [1.29, 1.82) is 0 Å². The summed E-state index contributed by atoms with van der Waals surface area (Å²) in [7, 11) is 0. The number of para-hydroxylation sites is 1. The number of amides is 1. The van der Waals surface area contributed by atoms with Crippen LogP contribution < -0.4 is 14.9 Å². The van der Waals surface area contributed by atoms with Gasteiger partial charge < -0.3 is 9.47 Å². The first kappa shape index (κ1) is 21.6. The van der Waals surface area contributed by atoms with Crippen molar-refractivity contribution in [2.45, 2.75) is 6.61 Å². The van der Waals surface area contributed by atoms with Crippen LogP contribution in [0.3, 0.4) is 0 Å². The van der Waals surface area contributed by atoms with Crippen LogP contribution in [0.1, 0.15) is 11.1 Å². The van der Waals surface area contributed by atoms with E-state index in [1.165, 1.54) is 10.8 Å². The molecule has 4 rings (SSSR count). The summed E-state index contributed by atoms with van der Waals surface area (Å²) >= 11 is 3.55. The molecule has 0 bridgehead atoms. The van der Waals surface area contributed by atoms with Gasteiger partial charge in [0.1, 0.15) is 18.1 Å². The molecule has 5 nitrogen and oxygen atoms in total. The lowest BCUT2D eigenvalue weighted by molar-refractivity contribution is -0.123. The second kappa shape index (κ2) is 10.6. The fourth-order valence-corrected chi connectivity index (χ4v) is 3.68. The van der Waals surface area contributed by atoms with Gasteiger partial charge in [-0.1, -0.05) is 60.7 Å². The van der Waals surface area contributed by atoms with E-state index in [0.717, 1.165) is 21.3 Å². The number of hydrogen-bond acceptors (Lipinski definition) is 4. The molecule has 0 spiro atoms. The molecule has 6 heteroatoms. The number of hydrazone groups is 1. The molecule has 1 amide bonds. The number of carbonyl (C=O) groups excluding carboxylic acids is 1. The van der Waals surface area contributed by atoms with Gasteiger partial charge in [0, 0.05) is 0 Å². The maximum absolute atomic E-state index is 11.9. The lowest BCUT2D eigenvalue weighted by atomic mass is 10.1. The average Bonchev–Trinajstić information content (AvgIpc) is 2.83. The summed E-state index contributed by atoms with van der Waals surface area (Å²) in [5, 5.41) is 6.36. The van der Waals surface area contributed by atoms with Gasteiger partial charge in [0.05, 0.1) is 10.7 Å². The molecule has 0 aliphatic carbocycles. The second-order valence-corrected chi connectivity index (χ2v) is 7.87. The van der Waals surface area contributed by atoms with E-state index in [2.05, 4.69) is 50.7 Å². The molecule has 1 N–H and O–H groups in total. The van der Waals surface area contributed by atoms with Gasteiger partial charge >= 0.3 is 0 Å². The molecule has 32 heavy (non-hydrogen) atoms. The van der Waals surface area contributed by atoms with Crippen molar-refractivity contribution in [2.24, 2.45) is 5.10 Å². The van der Waals surface area contributed by atoms with Crippen LogP contribution in [0.5, 0.6) is 11.5 Å². The van der Waals surface area contributed by atoms with Gasteiger partial charge in [0.15, 0.2) is 6.61 Å². The lowest BCUT2D eigenvalue weighted by Gasteiger charge is -2.11. The minimum Gasteiger partial charge on any atom is -0.488 e. The Labute approximate surface area is 194 Å². The van der Waals surface area contributed by atoms with Gasteiger partial charge in [0.25, 0.3) is 5.91 Å². The van der Waals surface area contributed by atoms with Crippen LogP contribution in [0, 0.1) is 0 Å². The molecule has 0 saturated heterocycles. The van der Waals surface area contributed by atoms with Crippen LogP contribution in [0.2, 0.25) is 0 Å². The molecule has 0 atom stereocenters. The van der Waals surface area contributed by atoms with Gasteiger partial charge in [-0.15, -0.1) is 0 Å². The first-order valence-corrected chi connectivity index (χ1v) is 10.9. The Bertz CT molecular complexity index is 1240. The third kappa shape index (κ3) is 5.74. The van der Waals surface area contributed by atoms with Crippen molar-refractivity contribution in [1.82, 2.24) is 5.43 Å². The highest BCUT2D eigenvalue weighted by molar-refractivity contribution is 9.10. The fourth-order valence-electron chi connectivity index (χ4n) is 3.16. The minimum absolute atomic E-state index is 0.105. The Balaban J connectivity index is 1.31. The van der Waals surface area contributed by atoms with E-state index in [9.17, 15) is 4.79 Å². The molecule has 4 aromatic carbocycles. The van der Waals surface area contributed by atoms with E-state index < -0.39 is 0 Å². The third-order valence-electron chi connectivity index (χ3n) is 4.74. The van der Waals surface area contributed by atoms with Gasteiger partial charge in [-0.2, -0.15) is 5.10 Å². The number of ether oxygens (including phenoxy) is 2. The Morgan fingerprint density at radius 3 is 2.53 bits per heavy atom. The second-order valence-electron chi connectivity index (χ2n) is 7.01. The van der Waals surface area contributed by atoms with Gasteiger partial charge in [-0.05, 0) is 68.2 Å². The van der Waals surface area contributed by atoms with Crippen molar-refractivity contribution in [2.75, 3.05) is 6.61 Å². The number of rotatable bonds is 8. The molecule has 160 valence electrons. The molecule has 0 aromatic heterocycles. The largest absolute Gasteiger partial charge is 0.488 e. The van der Waals surface area contributed by atoms with Gasteiger partial charge in [-0.25, -0.2) is 5.43 Å². The molecule has 0 radical (unpaired) electrons. The van der Waals surface area contributed by atoms with Crippen LogP contribution >= 0.6 is 15.9 Å². The van der Waals surface area contributed by atoms with E-state index in [1.54, 1.807) is 18.3 Å². The Hall–Kier alpha value is -3.64. The number of carbonyl (C=O) groups is 1. The van der Waals surface area contributed by atoms with E-state index in [0.29, 0.717) is 12.4 Å². The first-order valence-electron chi connectivity index (χ1n) is 10.1. The number of halogens is 1. The summed E-state index contributed by atoms with van der Waals surface area (Å²) in [6.45, 7) is 0.358. The maximum atomic E-state index is 11.9. The standard InChI is InChI=1S/C26H21BrN2O3/c27-24-15-19(16-28-29-26(30)18-31-22-10-2-1-3-11-22)13-14-25(24)32-17-21-9-6-8-20-7-4-5-12-23(20)21/h1-16H,17-18H2,(H,29,30)/b28-16-. The Morgan fingerprint density at radius 2 is 1.69 bits per heavy atom. The lowest BCUT2D eigenvalue weighted by Crippen LogP contribution is -2.24. The number of nitrogens with one attached hydrogen (secondary N) is 1. The summed E-state index contributed by atoms with van der Waals surface area (Å²) in [5.74, 6) is 1.03. The monoisotopic (exact) mass is 488 g/mol. The summed E-state index contributed by atoms with van der Waals surface area (Å²) in [4.78, 5) is 11.9. The van der Waals surface area contributed by atoms with Gasteiger partial charge in [0.2, 0.25) is 0 Å². The predicted octanol–water partition coefficient (Wildman–Crippen LogP) is 5.71. The summed E-state index contributed by atoms with van der Waals surface area (Å²) in [6, 6.07) is 29.2. The molecule has 0 aliphatic rings. The topological polar surface area (TPSA) is 59.9 Å². The SMILES string of the molecule is O=C(COc1ccccc1)N/N=C\c1ccc(OCc2cccc3ccccc23)c(Br)c1. The van der Waals surface area contributed by atoms with Crippen LogP contribution in [-0.4, -0.2) is 18.7 Å². The molecular weight excluding hydrogens is 468 g/mol. The van der Waals surface area contributed by atoms with Crippen molar-refractivity contribution >= 4 is 38.8 Å². The number of hydrogen-bond donors (Lipinski definition) is 1. The Morgan fingerprint density at radius 1 is 0.906 bits per heavy atom. The zero-order chi connectivity index (χ0) is 22.2. The average molecular weight is 489 g/mol. The molecular formula is C26H21BrN2O3. The molecule has 0 fully saturated rings. The molecule has 4 aromatic rings. The molecule has 0 unspecified atom stereocenters. The fraction of sp³-hybridized carbons (Fsp3) is 0.0769. The van der Waals surface area contributed by atoms with Gasteiger partial charge in [-0.3, -0.25) is 4.79 Å². The number of fused-ring (bicyclic) bond motifs is 1. The highest BCUT2D eigenvalue weighted by atomic mass is 79.9. The quantitative estimate of drug-likeness (QED) is 0.255. The van der Waals surface area contributed by atoms with E-state index in [4.69, 9.17) is 9.47 Å². The summed E-state index contributed by atoms with van der Waals surface area (Å²) < 4.78 is 12.2. The van der Waals surface area contributed by atoms with E-state index >= 15 is 0 Å². The summed E-state index contributed by atoms with van der Waals surface area (Å²) in [6.07, 6.45) is 1.57. The van der Waals surface area contributed by atoms with E-state index in [-0.39, 0.29) is 12.5 Å². The number of benzene rings is 4. The van der Waals surface area contributed by atoms with Crippen LogP contribution in [0.4, 0.5) is 0 Å². The zero-order valence-corrected chi connectivity index (χ0v) is 18.8. The normalized spacial score (nSPS) is 10.9. The van der Waals surface area contributed by atoms with Crippen molar-refractivity contribution in [3.8, 4) is 11.5 Å². The third-order valence-corrected chi connectivity index (χ3v) is 5.35. The van der Waals surface area contributed by atoms with Crippen molar-refractivity contribution < 1.29 is 14.3 Å². The molecule has 0 aliphatic heterocycles. The zero-order valence-electron chi connectivity index (χ0n) is 17.2. The first-order chi connectivity index (χ1) is 15.7. The number of nitrogens with zero attached hydrogens (tertiary/aromatic N) is 1. The highest BCUT2D eigenvalue weighted by Gasteiger charge is 2.06. The van der Waals surface area contributed by atoms with Crippen LogP contribution in [0.15, 0.2) is 101 Å².